The van der Waals surface area contributed by atoms with Gasteiger partial charge in [0, 0.05) is 18.4 Å². The second-order valence-electron chi connectivity index (χ2n) is 3.13. The summed E-state index contributed by atoms with van der Waals surface area (Å²) in [4.78, 5) is 11.1. The van der Waals surface area contributed by atoms with Crippen LogP contribution in [0, 0.1) is 6.92 Å². The molecule has 0 aliphatic rings. The molecule has 0 bridgehead atoms. The molecule has 0 aliphatic heterocycles. The zero-order chi connectivity index (χ0) is 11.3. The quantitative estimate of drug-likeness (QED) is 0.397. The summed E-state index contributed by atoms with van der Waals surface area (Å²) in [6.45, 7) is 2.41. The Kier molecular flexibility index (Phi) is 4.08. The number of aryl methyl sites for hydroxylation is 1. The number of nitrogens with two attached hydrogens (primary N) is 1. The molecule has 5 heteroatoms. The molecular weight excluding hydrogens is 194 g/mol. The van der Waals surface area contributed by atoms with Crippen LogP contribution in [0.15, 0.2) is 18.2 Å². The topological polar surface area (TPSA) is 76.4 Å². The zero-order valence-corrected chi connectivity index (χ0v) is 8.83. The minimum Gasteiger partial charge on any atom is -0.380 e. The molecule has 0 aromatic heterocycles. The molecule has 5 nitrogen and oxygen atoms in total. The van der Waals surface area contributed by atoms with Crippen LogP contribution in [0.25, 0.3) is 0 Å². The number of hydrogen-bond acceptors (Lipinski definition) is 3. The standard InChI is InChI=1S/C10H15N3O2/c1-7-4-3-5-9(8(7)6-15-2)12-10(14)13-11/h3-5H,6,11H2,1-2H3,(H2,12,13,14). The molecule has 1 aromatic rings. The molecule has 82 valence electrons. The summed E-state index contributed by atoms with van der Waals surface area (Å²) in [6.07, 6.45) is 0. The van der Waals surface area contributed by atoms with E-state index in [1.807, 2.05) is 24.5 Å². The molecule has 0 spiro atoms. The van der Waals surface area contributed by atoms with Crippen LogP contribution in [0.2, 0.25) is 0 Å². The number of amides is 2. The van der Waals surface area contributed by atoms with Crippen molar-refractivity contribution in [3.63, 3.8) is 0 Å². The van der Waals surface area contributed by atoms with Crippen LogP contribution in [-0.4, -0.2) is 13.1 Å². The molecule has 4 N–H and O–H groups in total. The van der Waals surface area contributed by atoms with Gasteiger partial charge in [0.25, 0.3) is 0 Å². The van der Waals surface area contributed by atoms with E-state index < -0.39 is 6.03 Å². The summed E-state index contributed by atoms with van der Waals surface area (Å²) in [5.41, 5.74) is 4.73. The molecule has 0 aliphatic carbocycles. The maximum atomic E-state index is 11.1. The van der Waals surface area contributed by atoms with E-state index in [1.54, 1.807) is 13.2 Å². The summed E-state index contributed by atoms with van der Waals surface area (Å²) in [5, 5.41) is 2.63. The Morgan fingerprint density at radius 3 is 2.87 bits per heavy atom. The SMILES string of the molecule is COCc1c(C)cccc1NC(=O)NN. The van der Waals surface area contributed by atoms with Gasteiger partial charge in [0.05, 0.1) is 6.61 Å². The van der Waals surface area contributed by atoms with Gasteiger partial charge in [0.15, 0.2) is 0 Å². The summed E-state index contributed by atoms with van der Waals surface area (Å²) in [6, 6.07) is 5.18. The first-order valence-electron chi connectivity index (χ1n) is 4.54. The normalized spacial score (nSPS) is 9.80. The summed E-state index contributed by atoms with van der Waals surface area (Å²) < 4.78 is 5.06. The van der Waals surface area contributed by atoms with E-state index >= 15 is 0 Å². The number of urea groups is 1. The first kappa shape index (κ1) is 11.5. The van der Waals surface area contributed by atoms with Crippen LogP contribution in [0.3, 0.4) is 0 Å². The van der Waals surface area contributed by atoms with Gasteiger partial charge in [-0.1, -0.05) is 12.1 Å². The van der Waals surface area contributed by atoms with Crippen molar-refractivity contribution in [1.29, 1.82) is 0 Å². The largest absolute Gasteiger partial charge is 0.380 e. The summed E-state index contributed by atoms with van der Waals surface area (Å²) in [7, 11) is 1.61. The number of carbonyl (C=O) groups is 1. The molecule has 0 saturated heterocycles. The molecular formula is C10H15N3O2. The van der Waals surface area contributed by atoms with Gasteiger partial charge in [-0.05, 0) is 18.6 Å². The number of hydrazine groups is 1. The predicted molar refractivity (Wildman–Crippen MR) is 58.2 cm³/mol. The van der Waals surface area contributed by atoms with Crippen molar-refractivity contribution < 1.29 is 9.53 Å². The van der Waals surface area contributed by atoms with Gasteiger partial charge in [-0.2, -0.15) is 0 Å². The number of methoxy groups -OCH3 is 1. The smallest absolute Gasteiger partial charge is 0.333 e. The number of nitrogens with one attached hydrogen (secondary N) is 2. The van der Waals surface area contributed by atoms with Gasteiger partial charge in [0.1, 0.15) is 0 Å². The predicted octanol–water partition coefficient (Wildman–Crippen LogP) is 1.14. The average molecular weight is 209 g/mol. The first-order valence-corrected chi connectivity index (χ1v) is 4.54. The Bertz CT molecular complexity index is 353. The van der Waals surface area contributed by atoms with E-state index in [4.69, 9.17) is 10.6 Å². The fraction of sp³-hybridized carbons (Fsp3) is 0.300. The highest BCUT2D eigenvalue weighted by Crippen LogP contribution is 2.20. The number of benzene rings is 1. The second-order valence-corrected chi connectivity index (χ2v) is 3.13. The molecule has 15 heavy (non-hydrogen) atoms. The van der Waals surface area contributed by atoms with Crippen LogP contribution < -0.4 is 16.6 Å². The maximum absolute atomic E-state index is 11.1. The molecule has 0 atom stereocenters. The average Bonchev–Trinajstić information content (AvgIpc) is 2.23. The van der Waals surface area contributed by atoms with E-state index in [1.165, 1.54) is 0 Å². The second kappa shape index (κ2) is 5.33. The van der Waals surface area contributed by atoms with Gasteiger partial charge >= 0.3 is 6.03 Å². The molecule has 1 aromatic carbocycles. The fourth-order valence-corrected chi connectivity index (χ4v) is 1.31. The highest BCUT2D eigenvalue weighted by atomic mass is 16.5. The Hall–Kier alpha value is -1.59. The first-order chi connectivity index (χ1) is 7.19. The van der Waals surface area contributed by atoms with Crippen molar-refractivity contribution >= 4 is 11.7 Å². The third-order valence-electron chi connectivity index (χ3n) is 2.08. The van der Waals surface area contributed by atoms with Crippen molar-refractivity contribution in [1.82, 2.24) is 5.43 Å². The van der Waals surface area contributed by atoms with Crippen molar-refractivity contribution in [3.05, 3.63) is 29.3 Å². The van der Waals surface area contributed by atoms with Gasteiger partial charge in [-0.3, -0.25) is 5.43 Å². The molecule has 0 saturated carbocycles. The van der Waals surface area contributed by atoms with Crippen molar-refractivity contribution in [2.75, 3.05) is 12.4 Å². The van der Waals surface area contributed by atoms with Crippen LogP contribution in [0.1, 0.15) is 11.1 Å². The molecule has 1 rings (SSSR count). The number of carbonyl (C=O) groups excluding carboxylic acids is 1. The Balaban J connectivity index is 2.94. The van der Waals surface area contributed by atoms with E-state index in [-0.39, 0.29) is 0 Å². The van der Waals surface area contributed by atoms with Crippen LogP contribution in [0.5, 0.6) is 0 Å². The Labute approximate surface area is 88.6 Å². The lowest BCUT2D eigenvalue weighted by Crippen LogP contribution is -2.34. The lowest BCUT2D eigenvalue weighted by atomic mass is 10.1. The van der Waals surface area contributed by atoms with E-state index in [2.05, 4.69) is 5.32 Å². The Morgan fingerprint density at radius 1 is 1.53 bits per heavy atom. The van der Waals surface area contributed by atoms with Gasteiger partial charge < -0.3 is 10.1 Å². The van der Waals surface area contributed by atoms with Gasteiger partial charge in [0.2, 0.25) is 0 Å². The maximum Gasteiger partial charge on any atom is 0.333 e. The van der Waals surface area contributed by atoms with Crippen molar-refractivity contribution in [2.24, 2.45) is 5.84 Å². The van der Waals surface area contributed by atoms with Crippen LogP contribution in [-0.2, 0) is 11.3 Å². The fourth-order valence-electron chi connectivity index (χ4n) is 1.31. The van der Waals surface area contributed by atoms with Gasteiger partial charge in [-0.25, -0.2) is 10.6 Å². The van der Waals surface area contributed by atoms with Crippen LogP contribution in [0.4, 0.5) is 10.5 Å². The van der Waals surface area contributed by atoms with Crippen molar-refractivity contribution in [2.45, 2.75) is 13.5 Å². The number of rotatable bonds is 3. The lowest BCUT2D eigenvalue weighted by molar-refractivity contribution is 0.185. The van der Waals surface area contributed by atoms with E-state index in [0.717, 1.165) is 11.1 Å². The van der Waals surface area contributed by atoms with E-state index in [0.29, 0.717) is 12.3 Å². The molecule has 0 fully saturated rings. The monoisotopic (exact) mass is 209 g/mol. The van der Waals surface area contributed by atoms with Gasteiger partial charge in [-0.15, -0.1) is 0 Å². The Morgan fingerprint density at radius 2 is 2.27 bits per heavy atom. The number of hydrogen-bond donors (Lipinski definition) is 3. The number of anilines is 1. The minimum absolute atomic E-state index is 0.446. The molecule has 0 unspecified atom stereocenters. The summed E-state index contributed by atoms with van der Waals surface area (Å²) in [5.74, 6) is 4.99. The number of ether oxygens (including phenoxy) is 1. The molecule has 0 radical (unpaired) electrons. The third kappa shape index (κ3) is 2.93. The lowest BCUT2D eigenvalue weighted by Gasteiger charge is -2.12. The van der Waals surface area contributed by atoms with Crippen LogP contribution >= 0.6 is 0 Å². The highest BCUT2D eigenvalue weighted by Gasteiger charge is 2.07. The zero-order valence-electron chi connectivity index (χ0n) is 8.83. The summed E-state index contributed by atoms with van der Waals surface area (Å²) >= 11 is 0. The molecule has 2 amide bonds. The molecule has 0 heterocycles. The third-order valence-corrected chi connectivity index (χ3v) is 2.08. The van der Waals surface area contributed by atoms with E-state index in [9.17, 15) is 4.79 Å². The highest BCUT2D eigenvalue weighted by molar-refractivity contribution is 5.89. The minimum atomic E-state index is -0.446. The van der Waals surface area contributed by atoms with Crippen molar-refractivity contribution in [3.8, 4) is 0 Å².